The van der Waals surface area contributed by atoms with E-state index in [-0.39, 0.29) is 0 Å². The second-order valence-electron chi connectivity index (χ2n) is 4.49. The van der Waals surface area contributed by atoms with Gasteiger partial charge in [-0.3, -0.25) is 0 Å². The van der Waals surface area contributed by atoms with Crippen LogP contribution in [0.1, 0.15) is 33.1 Å². The predicted octanol–water partition coefficient (Wildman–Crippen LogP) is 3.23. The number of nitrogens with two attached hydrogens (primary N) is 1. The Kier molecular flexibility index (Phi) is 7.26. The highest BCUT2D eigenvalue weighted by molar-refractivity contribution is 5.32. The quantitative estimate of drug-likeness (QED) is 0.733. The third-order valence-corrected chi connectivity index (χ3v) is 2.95. The number of hydrogen-bond acceptors (Lipinski definition) is 3. The minimum Gasteiger partial charge on any atom is -0.493 e. The van der Waals surface area contributed by atoms with E-state index >= 15 is 0 Å². The normalized spacial score (nSPS) is 12.2. The van der Waals surface area contributed by atoms with Crippen molar-refractivity contribution in [2.75, 3.05) is 19.8 Å². The van der Waals surface area contributed by atoms with Crippen LogP contribution in [0.2, 0.25) is 0 Å². The summed E-state index contributed by atoms with van der Waals surface area (Å²) in [4.78, 5) is 0. The van der Waals surface area contributed by atoms with Gasteiger partial charge in [-0.05, 0) is 24.5 Å². The molecule has 1 unspecified atom stereocenters. The topological polar surface area (TPSA) is 44.5 Å². The van der Waals surface area contributed by atoms with Crippen molar-refractivity contribution < 1.29 is 9.47 Å². The van der Waals surface area contributed by atoms with Crippen molar-refractivity contribution in [1.29, 1.82) is 0 Å². The fraction of sp³-hybridized carbons (Fsp3) is 0.600. The zero-order valence-electron chi connectivity index (χ0n) is 11.5. The highest BCUT2D eigenvalue weighted by atomic mass is 16.5. The van der Waals surface area contributed by atoms with Gasteiger partial charge >= 0.3 is 0 Å². The van der Waals surface area contributed by atoms with E-state index in [0.717, 1.165) is 24.5 Å². The first kappa shape index (κ1) is 14.8. The van der Waals surface area contributed by atoms with Gasteiger partial charge in [0.15, 0.2) is 0 Å². The van der Waals surface area contributed by atoms with Gasteiger partial charge < -0.3 is 15.2 Å². The molecular weight excluding hydrogens is 226 g/mol. The highest BCUT2D eigenvalue weighted by Gasteiger charge is 2.06. The molecule has 0 aliphatic heterocycles. The Morgan fingerprint density at radius 2 is 1.89 bits per heavy atom. The lowest BCUT2D eigenvalue weighted by atomic mass is 10.0. The van der Waals surface area contributed by atoms with Crippen LogP contribution in [0, 0.1) is 5.92 Å². The van der Waals surface area contributed by atoms with Crippen molar-refractivity contribution in [2.45, 2.75) is 33.1 Å². The molecule has 0 heterocycles. The summed E-state index contributed by atoms with van der Waals surface area (Å²) in [5.74, 6) is 2.34. The van der Waals surface area contributed by atoms with Crippen LogP contribution in [0.15, 0.2) is 24.3 Å². The van der Waals surface area contributed by atoms with E-state index in [0.29, 0.717) is 19.1 Å². The van der Waals surface area contributed by atoms with Crippen molar-refractivity contribution in [2.24, 2.45) is 11.7 Å². The largest absolute Gasteiger partial charge is 0.493 e. The van der Waals surface area contributed by atoms with Crippen molar-refractivity contribution in [3.8, 4) is 11.5 Å². The van der Waals surface area contributed by atoms with Gasteiger partial charge in [-0.15, -0.1) is 0 Å². The summed E-state index contributed by atoms with van der Waals surface area (Å²) in [6.45, 7) is 6.27. The van der Waals surface area contributed by atoms with Crippen LogP contribution in [0.5, 0.6) is 11.5 Å². The molecule has 0 radical (unpaired) electrons. The van der Waals surface area contributed by atoms with E-state index in [1.165, 1.54) is 12.8 Å². The molecule has 0 fully saturated rings. The Bertz CT molecular complexity index is 328. The maximum absolute atomic E-state index is 5.82. The van der Waals surface area contributed by atoms with Gasteiger partial charge in [-0.25, -0.2) is 0 Å². The van der Waals surface area contributed by atoms with E-state index in [4.69, 9.17) is 15.2 Å². The fourth-order valence-corrected chi connectivity index (χ4v) is 1.86. The molecule has 102 valence electrons. The number of hydrogen-bond donors (Lipinski definition) is 1. The second-order valence-corrected chi connectivity index (χ2v) is 4.49. The van der Waals surface area contributed by atoms with Gasteiger partial charge in [-0.2, -0.15) is 0 Å². The van der Waals surface area contributed by atoms with Crippen LogP contribution in [-0.4, -0.2) is 19.8 Å². The average Bonchev–Trinajstić information content (AvgIpc) is 2.41. The lowest BCUT2D eigenvalue weighted by molar-refractivity contribution is 0.233. The minimum absolute atomic E-state index is 0.527. The van der Waals surface area contributed by atoms with E-state index in [1.54, 1.807) is 0 Å². The Morgan fingerprint density at radius 1 is 1.17 bits per heavy atom. The Labute approximate surface area is 110 Å². The summed E-state index contributed by atoms with van der Waals surface area (Å²) in [7, 11) is 0. The minimum atomic E-state index is 0.527. The Balaban J connectivity index is 2.45. The maximum atomic E-state index is 5.82. The molecule has 0 spiro atoms. The molecule has 1 atom stereocenters. The third kappa shape index (κ3) is 5.41. The molecule has 3 nitrogen and oxygen atoms in total. The van der Waals surface area contributed by atoms with E-state index in [2.05, 4.69) is 13.8 Å². The van der Waals surface area contributed by atoms with Gasteiger partial charge in [0.05, 0.1) is 6.61 Å². The summed E-state index contributed by atoms with van der Waals surface area (Å²) in [6.07, 6.45) is 3.60. The van der Waals surface area contributed by atoms with E-state index in [9.17, 15) is 0 Å². The zero-order valence-corrected chi connectivity index (χ0v) is 11.5. The molecule has 0 aliphatic rings. The molecule has 3 heteroatoms. The summed E-state index contributed by atoms with van der Waals surface area (Å²) >= 11 is 0. The van der Waals surface area contributed by atoms with Gasteiger partial charge in [0.25, 0.3) is 0 Å². The van der Waals surface area contributed by atoms with Crippen LogP contribution >= 0.6 is 0 Å². The lowest BCUT2D eigenvalue weighted by Crippen LogP contribution is -2.12. The molecule has 2 N–H and O–H groups in total. The lowest BCUT2D eigenvalue weighted by Gasteiger charge is -2.15. The van der Waals surface area contributed by atoms with Crippen LogP contribution < -0.4 is 15.2 Å². The SMILES string of the molecule is CCCC(CC)COc1cccc(OCCN)c1. The van der Waals surface area contributed by atoms with Gasteiger partial charge in [0.1, 0.15) is 18.1 Å². The Hall–Kier alpha value is -1.22. The predicted molar refractivity (Wildman–Crippen MR) is 75.2 cm³/mol. The summed E-state index contributed by atoms with van der Waals surface area (Å²) in [5, 5.41) is 0. The smallest absolute Gasteiger partial charge is 0.123 e. The Morgan fingerprint density at radius 3 is 2.50 bits per heavy atom. The molecule has 18 heavy (non-hydrogen) atoms. The van der Waals surface area contributed by atoms with Crippen LogP contribution in [0.25, 0.3) is 0 Å². The molecule has 0 saturated heterocycles. The van der Waals surface area contributed by atoms with Gasteiger partial charge in [0.2, 0.25) is 0 Å². The van der Waals surface area contributed by atoms with Crippen LogP contribution in [0.3, 0.4) is 0 Å². The average molecular weight is 251 g/mol. The molecule has 0 bridgehead atoms. The van der Waals surface area contributed by atoms with Gasteiger partial charge in [0, 0.05) is 12.6 Å². The number of benzene rings is 1. The molecule has 1 aromatic carbocycles. The van der Waals surface area contributed by atoms with Crippen LogP contribution in [0.4, 0.5) is 0 Å². The van der Waals surface area contributed by atoms with Crippen molar-refractivity contribution >= 4 is 0 Å². The van der Waals surface area contributed by atoms with Crippen LogP contribution in [-0.2, 0) is 0 Å². The van der Waals surface area contributed by atoms with Crippen molar-refractivity contribution in [3.05, 3.63) is 24.3 Å². The molecule has 0 aromatic heterocycles. The van der Waals surface area contributed by atoms with E-state index in [1.807, 2.05) is 24.3 Å². The molecule has 0 aliphatic carbocycles. The summed E-state index contributed by atoms with van der Waals surface area (Å²) < 4.78 is 11.3. The molecule has 1 aromatic rings. The van der Waals surface area contributed by atoms with E-state index < -0.39 is 0 Å². The molecule has 0 saturated carbocycles. The fourth-order valence-electron chi connectivity index (χ4n) is 1.86. The first-order chi connectivity index (χ1) is 8.80. The zero-order chi connectivity index (χ0) is 13.2. The summed E-state index contributed by atoms with van der Waals surface area (Å²) in [5.41, 5.74) is 5.41. The first-order valence-electron chi connectivity index (χ1n) is 6.85. The monoisotopic (exact) mass is 251 g/mol. The second kappa shape index (κ2) is 8.81. The molecule has 0 amide bonds. The van der Waals surface area contributed by atoms with Crippen molar-refractivity contribution in [3.63, 3.8) is 0 Å². The van der Waals surface area contributed by atoms with Gasteiger partial charge in [-0.1, -0.05) is 32.8 Å². The highest BCUT2D eigenvalue weighted by Crippen LogP contribution is 2.21. The number of ether oxygens (including phenoxy) is 2. The molecular formula is C15H25NO2. The summed E-state index contributed by atoms with van der Waals surface area (Å²) in [6, 6.07) is 7.76. The standard InChI is InChI=1S/C15H25NO2/c1-3-6-13(4-2)12-18-15-8-5-7-14(11-15)17-10-9-16/h5,7-8,11,13H,3-4,6,9-10,12,16H2,1-2H3. The first-order valence-corrected chi connectivity index (χ1v) is 6.85. The molecule has 1 rings (SSSR count). The maximum Gasteiger partial charge on any atom is 0.123 e. The van der Waals surface area contributed by atoms with Crippen molar-refractivity contribution in [1.82, 2.24) is 0 Å². The third-order valence-electron chi connectivity index (χ3n) is 2.95. The number of rotatable bonds is 9.